The molecule has 4 nitrogen and oxygen atoms in total. The summed E-state index contributed by atoms with van der Waals surface area (Å²) in [6, 6.07) is 3.52. The maximum Gasteiger partial charge on any atom is 0.345 e. The molecule has 1 heterocycles. The van der Waals surface area contributed by atoms with E-state index in [1.54, 1.807) is 6.07 Å². The Kier molecular flexibility index (Phi) is 5.45. The Morgan fingerprint density at radius 3 is 2.81 bits per heavy atom. The minimum absolute atomic E-state index is 0.407. The van der Waals surface area contributed by atoms with Gasteiger partial charge in [-0.2, -0.15) is 0 Å². The molecule has 0 atom stereocenters. The molecule has 0 fully saturated rings. The van der Waals surface area contributed by atoms with Gasteiger partial charge in [0.25, 0.3) is 0 Å². The van der Waals surface area contributed by atoms with Crippen molar-refractivity contribution in [1.82, 2.24) is 10.2 Å². The molecule has 2 N–H and O–H groups in total. The predicted octanol–water partition coefficient (Wildman–Crippen LogP) is 1.49. The molecule has 1 aromatic heterocycles. The van der Waals surface area contributed by atoms with Gasteiger partial charge in [0.05, 0.1) is 0 Å². The summed E-state index contributed by atoms with van der Waals surface area (Å²) in [6.45, 7) is 2.78. The molecule has 0 saturated heterocycles. The lowest BCUT2D eigenvalue weighted by atomic mass is 10.4. The van der Waals surface area contributed by atoms with E-state index in [1.165, 1.54) is 11.3 Å². The van der Waals surface area contributed by atoms with Gasteiger partial charge in [0.15, 0.2) is 0 Å². The third-order valence-electron chi connectivity index (χ3n) is 2.13. The Bertz CT molecular complexity index is 336. The van der Waals surface area contributed by atoms with Crippen LogP contribution in [0.25, 0.3) is 0 Å². The van der Waals surface area contributed by atoms with Crippen LogP contribution in [-0.4, -0.2) is 43.2 Å². The second-order valence-electron chi connectivity index (χ2n) is 3.90. The van der Waals surface area contributed by atoms with Gasteiger partial charge in [0.2, 0.25) is 0 Å². The Morgan fingerprint density at radius 1 is 1.50 bits per heavy atom. The van der Waals surface area contributed by atoms with Crippen molar-refractivity contribution in [3.63, 3.8) is 0 Å². The lowest BCUT2D eigenvalue weighted by Crippen LogP contribution is -2.20. The smallest absolute Gasteiger partial charge is 0.345 e. The van der Waals surface area contributed by atoms with Crippen LogP contribution in [0, 0.1) is 0 Å². The zero-order valence-corrected chi connectivity index (χ0v) is 10.5. The van der Waals surface area contributed by atoms with Crippen molar-refractivity contribution in [2.45, 2.75) is 13.0 Å². The second kappa shape index (κ2) is 6.62. The number of thiophene rings is 1. The van der Waals surface area contributed by atoms with Crippen molar-refractivity contribution in [2.24, 2.45) is 0 Å². The lowest BCUT2D eigenvalue weighted by molar-refractivity contribution is 0.0702. The summed E-state index contributed by atoms with van der Waals surface area (Å²) in [7, 11) is 4.11. The van der Waals surface area contributed by atoms with Crippen LogP contribution in [0.3, 0.4) is 0 Å². The van der Waals surface area contributed by atoms with Crippen molar-refractivity contribution in [1.29, 1.82) is 0 Å². The van der Waals surface area contributed by atoms with Crippen LogP contribution in [0.1, 0.15) is 21.0 Å². The lowest BCUT2D eigenvalue weighted by Gasteiger charge is -2.09. The molecule has 0 unspecified atom stereocenters. The maximum atomic E-state index is 10.7. The highest BCUT2D eigenvalue weighted by Gasteiger charge is 2.05. The van der Waals surface area contributed by atoms with Crippen LogP contribution < -0.4 is 5.32 Å². The van der Waals surface area contributed by atoms with E-state index in [-0.39, 0.29) is 0 Å². The fourth-order valence-electron chi connectivity index (χ4n) is 1.32. The largest absolute Gasteiger partial charge is 0.477 e. The molecule has 0 radical (unpaired) electrons. The summed E-state index contributed by atoms with van der Waals surface area (Å²) in [4.78, 5) is 14.3. The molecule has 0 spiro atoms. The molecule has 0 aliphatic heterocycles. The number of carboxylic acids is 1. The van der Waals surface area contributed by atoms with Gasteiger partial charge in [-0.05, 0) is 45.7 Å². The van der Waals surface area contributed by atoms with Crippen molar-refractivity contribution >= 4 is 17.3 Å². The van der Waals surface area contributed by atoms with Crippen LogP contribution in [0.15, 0.2) is 12.1 Å². The van der Waals surface area contributed by atoms with Gasteiger partial charge in [0.1, 0.15) is 4.88 Å². The van der Waals surface area contributed by atoms with E-state index in [2.05, 4.69) is 24.3 Å². The summed E-state index contributed by atoms with van der Waals surface area (Å²) in [6.07, 6.45) is 1.10. The van der Waals surface area contributed by atoms with Crippen molar-refractivity contribution in [3.8, 4) is 0 Å². The zero-order valence-electron chi connectivity index (χ0n) is 9.69. The summed E-state index contributed by atoms with van der Waals surface area (Å²) in [5.41, 5.74) is 0. The number of nitrogens with zero attached hydrogens (tertiary/aromatic N) is 1. The van der Waals surface area contributed by atoms with Gasteiger partial charge in [-0.15, -0.1) is 11.3 Å². The number of hydrogen-bond donors (Lipinski definition) is 2. The first-order valence-corrected chi connectivity index (χ1v) is 6.08. The third kappa shape index (κ3) is 4.74. The highest BCUT2D eigenvalue weighted by atomic mass is 32.1. The van der Waals surface area contributed by atoms with Gasteiger partial charge in [-0.3, -0.25) is 0 Å². The van der Waals surface area contributed by atoms with Gasteiger partial charge in [-0.1, -0.05) is 0 Å². The summed E-state index contributed by atoms with van der Waals surface area (Å²) in [5.74, 6) is -0.844. The molecule has 0 aliphatic rings. The maximum absolute atomic E-state index is 10.7. The quantitative estimate of drug-likeness (QED) is 0.711. The molecule has 0 saturated carbocycles. The average molecular weight is 242 g/mol. The molecule has 1 aromatic rings. The number of aromatic carboxylic acids is 1. The first-order valence-electron chi connectivity index (χ1n) is 5.27. The molecular weight excluding hydrogens is 224 g/mol. The van der Waals surface area contributed by atoms with Gasteiger partial charge in [0, 0.05) is 11.4 Å². The first-order chi connectivity index (χ1) is 7.59. The van der Waals surface area contributed by atoms with Crippen LogP contribution >= 0.6 is 11.3 Å². The van der Waals surface area contributed by atoms with E-state index in [1.807, 2.05) is 6.07 Å². The normalized spacial score (nSPS) is 10.9. The van der Waals surface area contributed by atoms with Crippen molar-refractivity contribution < 1.29 is 9.90 Å². The van der Waals surface area contributed by atoms with E-state index in [9.17, 15) is 4.79 Å². The van der Waals surface area contributed by atoms with E-state index in [0.717, 1.165) is 30.9 Å². The first kappa shape index (κ1) is 13.2. The third-order valence-corrected chi connectivity index (χ3v) is 3.20. The fourth-order valence-corrected chi connectivity index (χ4v) is 2.14. The second-order valence-corrected chi connectivity index (χ2v) is 5.07. The summed E-state index contributed by atoms with van der Waals surface area (Å²) < 4.78 is 0. The molecular formula is C11H18N2O2S. The van der Waals surface area contributed by atoms with E-state index in [4.69, 9.17) is 5.11 Å². The minimum Gasteiger partial charge on any atom is -0.477 e. The number of carboxylic acid groups (broad SMARTS) is 1. The standard InChI is InChI=1S/C11H18N2O2S/c1-13(2)7-3-6-12-8-9-4-5-10(16-9)11(14)15/h4-5,12H,3,6-8H2,1-2H3,(H,14,15). The fraction of sp³-hybridized carbons (Fsp3) is 0.545. The Hall–Kier alpha value is -0.910. The number of hydrogen-bond acceptors (Lipinski definition) is 4. The monoisotopic (exact) mass is 242 g/mol. The molecule has 0 aromatic carbocycles. The SMILES string of the molecule is CN(C)CCCNCc1ccc(C(=O)O)s1. The van der Waals surface area contributed by atoms with Crippen LogP contribution in [0.4, 0.5) is 0 Å². The number of nitrogens with one attached hydrogen (secondary N) is 1. The van der Waals surface area contributed by atoms with Gasteiger partial charge < -0.3 is 15.3 Å². The Labute approximate surface area is 99.9 Å². The van der Waals surface area contributed by atoms with E-state index in [0.29, 0.717) is 4.88 Å². The minimum atomic E-state index is -0.844. The summed E-state index contributed by atoms with van der Waals surface area (Å²) >= 11 is 1.33. The zero-order chi connectivity index (χ0) is 12.0. The molecule has 5 heteroatoms. The van der Waals surface area contributed by atoms with E-state index < -0.39 is 5.97 Å². The predicted molar refractivity (Wildman–Crippen MR) is 66.2 cm³/mol. The average Bonchev–Trinajstić information content (AvgIpc) is 2.65. The Balaban J connectivity index is 2.19. The Morgan fingerprint density at radius 2 is 2.25 bits per heavy atom. The molecule has 0 bridgehead atoms. The van der Waals surface area contributed by atoms with Gasteiger partial charge in [-0.25, -0.2) is 4.79 Å². The van der Waals surface area contributed by atoms with Crippen LogP contribution in [0.5, 0.6) is 0 Å². The topological polar surface area (TPSA) is 52.6 Å². The molecule has 90 valence electrons. The highest BCUT2D eigenvalue weighted by molar-refractivity contribution is 7.13. The number of carbonyl (C=O) groups is 1. The highest BCUT2D eigenvalue weighted by Crippen LogP contribution is 2.15. The van der Waals surface area contributed by atoms with Crippen LogP contribution in [0.2, 0.25) is 0 Å². The van der Waals surface area contributed by atoms with Gasteiger partial charge >= 0.3 is 5.97 Å². The summed E-state index contributed by atoms with van der Waals surface area (Å²) in [5, 5.41) is 12.1. The van der Waals surface area contributed by atoms with Crippen molar-refractivity contribution in [2.75, 3.05) is 27.2 Å². The molecule has 0 amide bonds. The van der Waals surface area contributed by atoms with Crippen molar-refractivity contribution in [3.05, 3.63) is 21.9 Å². The molecule has 0 aliphatic carbocycles. The number of rotatable bonds is 7. The van der Waals surface area contributed by atoms with Crippen LogP contribution in [-0.2, 0) is 6.54 Å². The van der Waals surface area contributed by atoms with E-state index >= 15 is 0 Å². The molecule has 1 rings (SSSR count). The molecule has 16 heavy (non-hydrogen) atoms.